The lowest BCUT2D eigenvalue weighted by atomic mass is 10.3. The van der Waals surface area contributed by atoms with Gasteiger partial charge in [-0.05, 0) is 13.8 Å². The van der Waals surface area contributed by atoms with Gasteiger partial charge in [-0.2, -0.15) is 0 Å². The summed E-state index contributed by atoms with van der Waals surface area (Å²) in [7, 11) is 0. The fourth-order valence-corrected chi connectivity index (χ4v) is 2.76. The normalized spacial score (nSPS) is 16.2. The van der Waals surface area contributed by atoms with Gasteiger partial charge in [-0.15, -0.1) is 5.10 Å². The van der Waals surface area contributed by atoms with E-state index in [9.17, 15) is 4.79 Å². The average Bonchev–Trinajstić information content (AvgIpc) is 2.88. The molecule has 2 rings (SSSR count). The number of hydrogen-bond acceptors (Lipinski definition) is 7. The molecule has 112 valence electrons. The third kappa shape index (κ3) is 3.80. The van der Waals surface area contributed by atoms with E-state index in [1.807, 2.05) is 6.92 Å². The van der Waals surface area contributed by atoms with Crippen LogP contribution in [0.4, 0.5) is 9.80 Å². The Bertz CT molecular complexity index is 431. The van der Waals surface area contributed by atoms with Gasteiger partial charge in [-0.3, -0.25) is 4.90 Å². The second kappa shape index (κ2) is 7.39. The number of aromatic nitrogens is 2. The number of carbonyl (C=O) groups excluding carboxylic acids is 1. The fourth-order valence-electron chi connectivity index (χ4n) is 2.12. The summed E-state index contributed by atoms with van der Waals surface area (Å²) >= 11 is 1.39. The molecule has 0 bridgehead atoms. The van der Waals surface area contributed by atoms with Crippen molar-refractivity contribution in [3.8, 4) is 0 Å². The van der Waals surface area contributed by atoms with E-state index >= 15 is 0 Å². The predicted octanol–water partition coefficient (Wildman–Crippen LogP) is 1.24. The standard InChI is InChI=1S/C12H21N5O2S/c1-3-13-11-10(14-15-20-11)9-16-5-7-17(8-6-16)12(18)19-4-2/h13H,3-9H2,1-2H3. The number of amides is 1. The van der Waals surface area contributed by atoms with Crippen LogP contribution in [0.2, 0.25) is 0 Å². The number of nitrogens with zero attached hydrogens (tertiary/aromatic N) is 4. The van der Waals surface area contributed by atoms with E-state index < -0.39 is 0 Å². The minimum atomic E-state index is -0.212. The molecule has 0 saturated carbocycles. The Kier molecular flexibility index (Phi) is 5.54. The fraction of sp³-hybridized carbons (Fsp3) is 0.750. The monoisotopic (exact) mass is 299 g/mol. The number of piperazine rings is 1. The Morgan fingerprint density at radius 2 is 2.10 bits per heavy atom. The minimum absolute atomic E-state index is 0.212. The molecular weight excluding hydrogens is 278 g/mol. The molecule has 1 N–H and O–H groups in total. The summed E-state index contributed by atoms with van der Waals surface area (Å²) in [6.45, 7) is 9.02. The predicted molar refractivity (Wildman–Crippen MR) is 77.9 cm³/mol. The Hall–Kier alpha value is -1.41. The molecule has 0 aromatic carbocycles. The first-order chi connectivity index (χ1) is 9.74. The SMILES string of the molecule is CCNc1snnc1CN1CCN(C(=O)OCC)CC1. The molecule has 0 unspecified atom stereocenters. The first-order valence-electron chi connectivity index (χ1n) is 6.93. The molecule has 1 aromatic rings. The van der Waals surface area contributed by atoms with Gasteiger partial charge in [-0.25, -0.2) is 4.79 Å². The summed E-state index contributed by atoms with van der Waals surface area (Å²) in [5.41, 5.74) is 0.987. The molecule has 1 aliphatic rings. The van der Waals surface area contributed by atoms with Crippen molar-refractivity contribution in [3.63, 3.8) is 0 Å². The second-order valence-electron chi connectivity index (χ2n) is 4.54. The van der Waals surface area contributed by atoms with Crippen LogP contribution in [-0.4, -0.2) is 64.8 Å². The van der Waals surface area contributed by atoms with E-state index in [2.05, 4.69) is 26.7 Å². The zero-order valence-corrected chi connectivity index (χ0v) is 12.8. The van der Waals surface area contributed by atoms with Crippen LogP contribution in [0, 0.1) is 0 Å². The summed E-state index contributed by atoms with van der Waals surface area (Å²) in [5, 5.41) is 8.49. The van der Waals surface area contributed by atoms with Crippen molar-refractivity contribution in [2.45, 2.75) is 20.4 Å². The summed E-state index contributed by atoms with van der Waals surface area (Å²) in [4.78, 5) is 15.7. The maximum Gasteiger partial charge on any atom is 0.409 e. The molecule has 1 aromatic heterocycles. The van der Waals surface area contributed by atoms with Crippen molar-refractivity contribution in [3.05, 3.63) is 5.69 Å². The molecule has 0 atom stereocenters. The topological polar surface area (TPSA) is 70.6 Å². The van der Waals surface area contributed by atoms with Gasteiger partial charge in [0.15, 0.2) is 0 Å². The van der Waals surface area contributed by atoms with Crippen molar-refractivity contribution in [1.82, 2.24) is 19.4 Å². The van der Waals surface area contributed by atoms with Crippen LogP contribution in [0.1, 0.15) is 19.5 Å². The summed E-state index contributed by atoms with van der Waals surface area (Å²) in [5.74, 6) is 0. The number of rotatable bonds is 5. The Morgan fingerprint density at radius 1 is 1.35 bits per heavy atom. The third-order valence-electron chi connectivity index (χ3n) is 3.16. The van der Waals surface area contributed by atoms with E-state index in [0.717, 1.165) is 36.9 Å². The van der Waals surface area contributed by atoms with Crippen LogP contribution in [0.25, 0.3) is 0 Å². The number of carbonyl (C=O) groups is 1. The van der Waals surface area contributed by atoms with Gasteiger partial charge in [0.25, 0.3) is 0 Å². The van der Waals surface area contributed by atoms with Gasteiger partial charge >= 0.3 is 6.09 Å². The van der Waals surface area contributed by atoms with Gasteiger partial charge in [0.1, 0.15) is 10.7 Å². The Labute approximate surface area is 123 Å². The molecule has 0 radical (unpaired) electrons. The van der Waals surface area contributed by atoms with E-state index in [1.54, 1.807) is 4.90 Å². The first-order valence-corrected chi connectivity index (χ1v) is 7.71. The highest BCUT2D eigenvalue weighted by Gasteiger charge is 2.23. The molecule has 1 saturated heterocycles. The van der Waals surface area contributed by atoms with Crippen molar-refractivity contribution in [1.29, 1.82) is 0 Å². The van der Waals surface area contributed by atoms with Crippen molar-refractivity contribution in [2.75, 3.05) is 44.6 Å². The van der Waals surface area contributed by atoms with Gasteiger partial charge in [-0.1, -0.05) is 4.49 Å². The zero-order chi connectivity index (χ0) is 14.4. The van der Waals surface area contributed by atoms with Gasteiger partial charge in [0.05, 0.1) is 6.61 Å². The average molecular weight is 299 g/mol. The van der Waals surface area contributed by atoms with Gasteiger partial charge < -0.3 is 15.0 Å². The number of ether oxygens (including phenoxy) is 1. The summed E-state index contributed by atoms with van der Waals surface area (Å²) in [6, 6.07) is 0. The van der Waals surface area contributed by atoms with E-state index in [1.165, 1.54) is 11.5 Å². The van der Waals surface area contributed by atoms with Crippen molar-refractivity contribution in [2.24, 2.45) is 0 Å². The minimum Gasteiger partial charge on any atom is -0.450 e. The number of nitrogens with one attached hydrogen (secondary N) is 1. The van der Waals surface area contributed by atoms with Gasteiger partial charge in [0.2, 0.25) is 0 Å². The maximum atomic E-state index is 11.6. The van der Waals surface area contributed by atoms with Crippen LogP contribution < -0.4 is 5.32 Å². The number of hydrogen-bond donors (Lipinski definition) is 1. The van der Waals surface area contributed by atoms with Crippen LogP contribution in [0.5, 0.6) is 0 Å². The van der Waals surface area contributed by atoms with E-state index in [-0.39, 0.29) is 6.09 Å². The first kappa shape index (κ1) is 15.0. The summed E-state index contributed by atoms with van der Waals surface area (Å²) < 4.78 is 9.00. The molecule has 1 amide bonds. The summed E-state index contributed by atoms with van der Waals surface area (Å²) in [6.07, 6.45) is -0.212. The molecule has 1 aliphatic heterocycles. The van der Waals surface area contributed by atoms with Crippen LogP contribution in [0.3, 0.4) is 0 Å². The molecule has 0 spiro atoms. The molecule has 8 heteroatoms. The number of anilines is 1. The lowest BCUT2D eigenvalue weighted by Crippen LogP contribution is -2.48. The van der Waals surface area contributed by atoms with E-state index in [4.69, 9.17) is 4.74 Å². The molecule has 20 heavy (non-hydrogen) atoms. The van der Waals surface area contributed by atoms with Crippen LogP contribution in [0.15, 0.2) is 0 Å². The Morgan fingerprint density at radius 3 is 2.75 bits per heavy atom. The molecule has 7 nitrogen and oxygen atoms in total. The Balaban J connectivity index is 1.82. The zero-order valence-electron chi connectivity index (χ0n) is 12.0. The molecule has 0 aliphatic carbocycles. The van der Waals surface area contributed by atoms with Crippen molar-refractivity contribution < 1.29 is 9.53 Å². The van der Waals surface area contributed by atoms with Crippen LogP contribution in [-0.2, 0) is 11.3 Å². The third-order valence-corrected chi connectivity index (χ3v) is 3.89. The highest BCUT2D eigenvalue weighted by Crippen LogP contribution is 2.19. The van der Waals surface area contributed by atoms with Gasteiger partial charge in [0, 0.05) is 50.8 Å². The quantitative estimate of drug-likeness (QED) is 0.882. The van der Waals surface area contributed by atoms with E-state index in [0.29, 0.717) is 19.7 Å². The molecule has 2 heterocycles. The molecule has 1 fully saturated rings. The highest BCUT2D eigenvalue weighted by atomic mass is 32.1. The van der Waals surface area contributed by atoms with Crippen LogP contribution >= 0.6 is 11.5 Å². The lowest BCUT2D eigenvalue weighted by molar-refractivity contribution is 0.0775. The lowest BCUT2D eigenvalue weighted by Gasteiger charge is -2.33. The maximum absolute atomic E-state index is 11.6. The second-order valence-corrected chi connectivity index (χ2v) is 5.30. The largest absolute Gasteiger partial charge is 0.450 e. The smallest absolute Gasteiger partial charge is 0.409 e. The van der Waals surface area contributed by atoms with Crippen molar-refractivity contribution >= 4 is 22.6 Å². The highest BCUT2D eigenvalue weighted by molar-refractivity contribution is 7.10. The molecular formula is C12H21N5O2S.